The van der Waals surface area contributed by atoms with Gasteiger partial charge in [0.05, 0.1) is 13.0 Å². The molecule has 3 rings (SSSR count). The van der Waals surface area contributed by atoms with Crippen molar-refractivity contribution in [3.8, 4) is 5.75 Å². The Balaban J connectivity index is 1.49. The monoisotopic (exact) mass is 437 g/mol. The normalized spacial score (nSPS) is 16.3. The highest BCUT2D eigenvalue weighted by Gasteiger charge is 2.36. The summed E-state index contributed by atoms with van der Waals surface area (Å²) >= 11 is 0. The molecule has 2 aromatic carbocycles. The van der Waals surface area contributed by atoms with Crippen LogP contribution in [0, 0.1) is 0 Å². The number of likely N-dealkylation sites (tertiary alicyclic amines) is 1. The maximum atomic E-state index is 13.2. The number of nitrogens with zero attached hydrogens (tertiary/aromatic N) is 1. The van der Waals surface area contributed by atoms with Crippen LogP contribution in [0.15, 0.2) is 54.6 Å². The molecule has 2 aromatic rings. The van der Waals surface area contributed by atoms with Crippen LogP contribution in [0.2, 0.25) is 0 Å². The summed E-state index contributed by atoms with van der Waals surface area (Å²) in [6.45, 7) is 3.19. The molecule has 0 spiro atoms. The number of carbonyl (C=O) groups is 3. The summed E-state index contributed by atoms with van der Waals surface area (Å²) in [7, 11) is 1.57. The number of amides is 3. The van der Waals surface area contributed by atoms with Crippen molar-refractivity contribution in [2.45, 2.75) is 38.1 Å². The first kappa shape index (κ1) is 23.3. The van der Waals surface area contributed by atoms with Crippen LogP contribution >= 0.6 is 0 Å². The second kappa shape index (κ2) is 11.3. The van der Waals surface area contributed by atoms with Gasteiger partial charge in [0.2, 0.25) is 11.8 Å². The number of ether oxygens (including phenoxy) is 1. The summed E-state index contributed by atoms with van der Waals surface area (Å²) < 4.78 is 5.09. The van der Waals surface area contributed by atoms with Gasteiger partial charge in [-0.15, -0.1) is 0 Å². The highest BCUT2D eigenvalue weighted by atomic mass is 16.5. The number of hydrogen-bond donors (Lipinski definition) is 2. The van der Waals surface area contributed by atoms with Gasteiger partial charge < -0.3 is 20.3 Å². The maximum Gasteiger partial charge on any atom is 0.251 e. The number of rotatable bonds is 9. The smallest absolute Gasteiger partial charge is 0.251 e. The third-order valence-corrected chi connectivity index (χ3v) is 5.81. The first-order valence-corrected chi connectivity index (χ1v) is 11.1. The summed E-state index contributed by atoms with van der Waals surface area (Å²) in [6.07, 6.45) is 2.15. The highest BCUT2D eigenvalue weighted by molar-refractivity contribution is 5.94. The zero-order valence-corrected chi connectivity index (χ0v) is 18.7. The number of nitrogens with one attached hydrogen (secondary N) is 2. The van der Waals surface area contributed by atoms with E-state index in [4.69, 9.17) is 4.74 Å². The predicted molar refractivity (Wildman–Crippen MR) is 123 cm³/mol. The zero-order valence-electron chi connectivity index (χ0n) is 18.7. The van der Waals surface area contributed by atoms with Gasteiger partial charge in [0.1, 0.15) is 11.8 Å². The van der Waals surface area contributed by atoms with E-state index in [1.165, 1.54) is 0 Å². The first-order chi connectivity index (χ1) is 15.5. The number of benzene rings is 2. The SMILES string of the molecule is CCC(C(=O)N1CCC[C@@H]1C(=O)NCCNC(=O)c1ccc(OC)cc1)c1ccccc1. The summed E-state index contributed by atoms with van der Waals surface area (Å²) in [5.41, 5.74) is 1.50. The fourth-order valence-corrected chi connectivity index (χ4v) is 4.07. The van der Waals surface area contributed by atoms with Crippen molar-refractivity contribution in [2.24, 2.45) is 0 Å². The Bertz CT molecular complexity index is 915. The molecule has 7 heteroatoms. The van der Waals surface area contributed by atoms with Gasteiger partial charge in [-0.1, -0.05) is 37.3 Å². The summed E-state index contributed by atoms with van der Waals surface area (Å²) in [5, 5.41) is 5.65. The molecule has 1 aliphatic rings. The van der Waals surface area contributed by atoms with E-state index in [0.717, 1.165) is 12.0 Å². The second-order valence-electron chi connectivity index (χ2n) is 7.84. The average Bonchev–Trinajstić information content (AvgIpc) is 3.33. The predicted octanol–water partition coefficient (Wildman–Crippen LogP) is 2.73. The van der Waals surface area contributed by atoms with Crippen LogP contribution in [0.5, 0.6) is 5.75 Å². The maximum absolute atomic E-state index is 13.2. The van der Waals surface area contributed by atoms with Crippen LogP contribution in [0.3, 0.4) is 0 Å². The van der Waals surface area contributed by atoms with Gasteiger partial charge in [-0.3, -0.25) is 14.4 Å². The van der Waals surface area contributed by atoms with E-state index in [-0.39, 0.29) is 23.6 Å². The van der Waals surface area contributed by atoms with Crippen molar-refractivity contribution >= 4 is 17.7 Å². The van der Waals surface area contributed by atoms with Crippen LogP contribution < -0.4 is 15.4 Å². The molecule has 7 nitrogen and oxygen atoms in total. The molecule has 1 saturated heterocycles. The molecule has 170 valence electrons. The Morgan fingerprint density at radius 1 is 1.03 bits per heavy atom. The summed E-state index contributed by atoms with van der Waals surface area (Å²) in [6, 6.07) is 16.1. The minimum atomic E-state index is -0.461. The summed E-state index contributed by atoms with van der Waals surface area (Å²) in [4.78, 5) is 39.9. The molecule has 1 unspecified atom stereocenters. The minimum absolute atomic E-state index is 0.00385. The van der Waals surface area contributed by atoms with E-state index < -0.39 is 6.04 Å². The van der Waals surface area contributed by atoms with Crippen molar-refractivity contribution in [2.75, 3.05) is 26.7 Å². The molecule has 0 radical (unpaired) electrons. The molecule has 1 fully saturated rings. The molecular weight excluding hydrogens is 406 g/mol. The third-order valence-electron chi connectivity index (χ3n) is 5.81. The van der Waals surface area contributed by atoms with Crippen molar-refractivity contribution in [1.82, 2.24) is 15.5 Å². The Kier molecular flexibility index (Phi) is 8.25. The molecular formula is C25H31N3O4. The van der Waals surface area contributed by atoms with E-state index >= 15 is 0 Å². The lowest BCUT2D eigenvalue weighted by Crippen LogP contribution is -2.48. The van der Waals surface area contributed by atoms with E-state index in [2.05, 4.69) is 10.6 Å². The van der Waals surface area contributed by atoms with Gasteiger partial charge >= 0.3 is 0 Å². The quantitative estimate of drug-likeness (QED) is 0.591. The fourth-order valence-electron chi connectivity index (χ4n) is 4.07. The van der Waals surface area contributed by atoms with Crippen LogP contribution in [-0.4, -0.2) is 55.4 Å². The largest absolute Gasteiger partial charge is 0.497 e. The van der Waals surface area contributed by atoms with Crippen molar-refractivity contribution in [3.05, 3.63) is 65.7 Å². The lowest BCUT2D eigenvalue weighted by atomic mass is 9.94. The standard InChI is InChI=1S/C25H31N3O4/c1-3-21(18-8-5-4-6-9-18)25(31)28-17-7-10-22(28)24(30)27-16-15-26-23(29)19-11-13-20(32-2)14-12-19/h4-6,8-9,11-14,21-22H,3,7,10,15-17H2,1-2H3,(H,26,29)(H,27,30)/t21?,22-/m1/s1. The van der Waals surface area contributed by atoms with Gasteiger partial charge in [0.15, 0.2) is 0 Å². The topological polar surface area (TPSA) is 87.7 Å². The lowest BCUT2D eigenvalue weighted by molar-refractivity contribution is -0.139. The van der Waals surface area contributed by atoms with Gasteiger partial charge in [0.25, 0.3) is 5.91 Å². The Morgan fingerprint density at radius 2 is 1.72 bits per heavy atom. The van der Waals surface area contributed by atoms with E-state index in [1.807, 2.05) is 37.3 Å². The zero-order chi connectivity index (χ0) is 22.9. The van der Waals surface area contributed by atoms with Crippen LogP contribution in [0.4, 0.5) is 0 Å². The van der Waals surface area contributed by atoms with Crippen molar-refractivity contribution < 1.29 is 19.1 Å². The Labute approximate surface area is 189 Å². The summed E-state index contributed by atoms with van der Waals surface area (Å²) in [5.74, 6) is 0.0604. The molecule has 1 heterocycles. The Hall–Kier alpha value is -3.35. The average molecular weight is 438 g/mol. The lowest BCUT2D eigenvalue weighted by Gasteiger charge is -2.28. The van der Waals surface area contributed by atoms with E-state index in [9.17, 15) is 14.4 Å². The van der Waals surface area contributed by atoms with Crippen molar-refractivity contribution in [3.63, 3.8) is 0 Å². The molecule has 2 atom stereocenters. The minimum Gasteiger partial charge on any atom is -0.497 e. The third kappa shape index (κ3) is 5.66. The van der Waals surface area contributed by atoms with E-state index in [0.29, 0.717) is 43.8 Å². The van der Waals surface area contributed by atoms with Crippen LogP contribution in [-0.2, 0) is 9.59 Å². The molecule has 0 aliphatic carbocycles. The second-order valence-corrected chi connectivity index (χ2v) is 7.84. The van der Waals surface area contributed by atoms with Gasteiger partial charge in [-0.25, -0.2) is 0 Å². The van der Waals surface area contributed by atoms with Gasteiger partial charge in [-0.2, -0.15) is 0 Å². The molecule has 0 aromatic heterocycles. The molecule has 3 amide bonds. The molecule has 0 saturated carbocycles. The van der Waals surface area contributed by atoms with Gasteiger partial charge in [0, 0.05) is 25.2 Å². The molecule has 1 aliphatic heterocycles. The van der Waals surface area contributed by atoms with E-state index in [1.54, 1.807) is 36.3 Å². The number of carbonyl (C=O) groups excluding carboxylic acids is 3. The Morgan fingerprint density at radius 3 is 2.38 bits per heavy atom. The first-order valence-electron chi connectivity index (χ1n) is 11.1. The van der Waals surface area contributed by atoms with Crippen LogP contribution in [0.25, 0.3) is 0 Å². The molecule has 2 N–H and O–H groups in total. The van der Waals surface area contributed by atoms with Crippen molar-refractivity contribution in [1.29, 1.82) is 0 Å². The molecule has 0 bridgehead atoms. The highest BCUT2D eigenvalue weighted by Crippen LogP contribution is 2.27. The fraction of sp³-hybridized carbons (Fsp3) is 0.400. The van der Waals surface area contributed by atoms with Gasteiger partial charge in [-0.05, 0) is 49.1 Å². The van der Waals surface area contributed by atoms with Crippen LogP contribution in [0.1, 0.15) is 48.0 Å². The molecule has 32 heavy (non-hydrogen) atoms. The number of hydrogen-bond acceptors (Lipinski definition) is 4. The number of methoxy groups -OCH3 is 1.